The van der Waals surface area contributed by atoms with E-state index in [1.807, 2.05) is 56.0 Å². The number of carbonyl (C=O) groups is 1. The number of para-hydroxylation sites is 2. The Morgan fingerprint density at radius 3 is 2.38 bits per heavy atom. The molecule has 1 atom stereocenters. The number of nitrogens with one attached hydrogen (secondary N) is 1. The molecule has 2 N–H and O–H groups in total. The van der Waals surface area contributed by atoms with Gasteiger partial charge in [-0.25, -0.2) is 0 Å². The topological polar surface area (TPSA) is 74.3 Å². The van der Waals surface area contributed by atoms with Crippen molar-refractivity contribution < 1.29 is 19.4 Å². The molecule has 0 fully saturated rings. The van der Waals surface area contributed by atoms with Crippen LogP contribution in [0.3, 0.4) is 0 Å². The van der Waals surface area contributed by atoms with Crippen LogP contribution in [0.5, 0.6) is 17.2 Å². The molecule has 7 nitrogen and oxygen atoms in total. The number of carbonyl (C=O) groups excluding carboxylic acids is 1. The number of anilines is 1. The molecule has 1 aliphatic heterocycles. The fourth-order valence-corrected chi connectivity index (χ4v) is 4.30. The first-order chi connectivity index (χ1) is 15.4. The summed E-state index contributed by atoms with van der Waals surface area (Å²) in [6, 6.07) is 12.1. The minimum atomic E-state index is -0.529. The minimum Gasteiger partial charge on any atom is -0.504 e. The largest absolute Gasteiger partial charge is 0.504 e. The first-order valence-electron chi connectivity index (χ1n) is 10.5. The number of phenols is 1. The van der Waals surface area contributed by atoms with Crippen LogP contribution in [0.15, 0.2) is 53.7 Å². The second kappa shape index (κ2) is 9.91. The molecular weight excluding hydrogens is 426 g/mol. The van der Waals surface area contributed by atoms with E-state index in [0.29, 0.717) is 46.5 Å². The van der Waals surface area contributed by atoms with Gasteiger partial charge in [0.1, 0.15) is 5.75 Å². The van der Waals surface area contributed by atoms with Crippen molar-refractivity contribution in [2.24, 2.45) is 0 Å². The number of hydrogen-bond donors (Lipinski definition) is 2. The predicted molar refractivity (Wildman–Crippen MR) is 129 cm³/mol. The van der Waals surface area contributed by atoms with Crippen molar-refractivity contribution in [3.05, 3.63) is 59.3 Å². The van der Waals surface area contributed by atoms with Crippen molar-refractivity contribution in [3.8, 4) is 17.2 Å². The molecule has 170 valence electrons. The maximum absolute atomic E-state index is 13.6. The number of methoxy groups -OCH3 is 2. The van der Waals surface area contributed by atoms with Gasteiger partial charge in [-0.15, -0.1) is 0 Å². The quantitative estimate of drug-likeness (QED) is 0.612. The van der Waals surface area contributed by atoms with E-state index in [1.54, 1.807) is 24.1 Å². The normalized spacial score (nSPS) is 16.0. The summed E-state index contributed by atoms with van der Waals surface area (Å²) in [5.74, 6) is 0.908. The Morgan fingerprint density at radius 1 is 1.12 bits per heavy atom. The molecule has 8 heteroatoms. The molecule has 0 unspecified atom stereocenters. The van der Waals surface area contributed by atoms with E-state index in [0.717, 1.165) is 5.69 Å². The van der Waals surface area contributed by atoms with Gasteiger partial charge in [0.25, 0.3) is 5.91 Å². The number of allylic oxidation sites excluding steroid dienone is 1. The van der Waals surface area contributed by atoms with Crippen LogP contribution in [0.4, 0.5) is 5.69 Å². The zero-order valence-corrected chi connectivity index (χ0v) is 19.8. The van der Waals surface area contributed by atoms with E-state index in [4.69, 9.17) is 21.7 Å². The van der Waals surface area contributed by atoms with Crippen molar-refractivity contribution in [2.75, 3.05) is 32.2 Å². The van der Waals surface area contributed by atoms with E-state index in [-0.39, 0.29) is 11.7 Å². The van der Waals surface area contributed by atoms with E-state index >= 15 is 0 Å². The lowest BCUT2D eigenvalue weighted by Crippen LogP contribution is -2.50. The number of hydrogen-bond acceptors (Lipinski definition) is 5. The number of nitrogens with zero attached hydrogens (tertiary/aromatic N) is 2. The maximum atomic E-state index is 13.6. The summed E-state index contributed by atoms with van der Waals surface area (Å²) in [6.45, 7) is 6.93. The van der Waals surface area contributed by atoms with E-state index < -0.39 is 6.04 Å². The van der Waals surface area contributed by atoms with Crippen molar-refractivity contribution >= 4 is 28.9 Å². The van der Waals surface area contributed by atoms with Gasteiger partial charge in [-0.1, -0.05) is 18.2 Å². The number of aromatic hydroxyl groups is 1. The highest BCUT2D eigenvalue weighted by Gasteiger charge is 2.37. The molecule has 0 aliphatic carbocycles. The average Bonchev–Trinajstić information content (AvgIpc) is 2.79. The van der Waals surface area contributed by atoms with E-state index in [9.17, 15) is 9.90 Å². The van der Waals surface area contributed by atoms with Crippen LogP contribution in [0.25, 0.3) is 0 Å². The Balaban J connectivity index is 2.21. The smallest absolute Gasteiger partial charge is 0.253 e. The Hall–Kier alpha value is -3.26. The number of likely N-dealkylation sites (N-methyl/N-ethyl adjacent to an activating group) is 1. The third-order valence-corrected chi connectivity index (χ3v) is 5.93. The highest BCUT2D eigenvalue weighted by atomic mass is 32.1. The molecular formula is C24H29N3O4S. The minimum absolute atomic E-state index is 0.00262. The Kier molecular flexibility index (Phi) is 7.25. The summed E-state index contributed by atoms with van der Waals surface area (Å²) >= 11 is 5.73. The predicted octanol–water partition coefficient (Wildman–Crippen LogP) is 3.99. The zero-order chi connectivity index (χ0) is 23.4. The molecule has 0 saturated heterocycles. The number of benzene rings is 2. The van der Waals surface area contributed by atoms with Gasteiger partial charge in [-0.2, -0.15) is 0 Å². The number of thiocarbonyl (C=S) groups is 1. The van der Waals surface area contributed by atoms with Crippen molar-refractivity contribution in [1.82, 2.24) is 10.2 Å². The van der Waals surface area contributed by atoms with Crippen LogP contribution in [0.1, 0.15) is 32.4 Å². The van der Waals surface area contributed by atoms with Gasteiger partial charge in [0.2, 0.25) is 0 Å². The van der Waals surface area contributed by atoms with Crippen LogP contribution in [0.2, 0.25) is 0 Å². The van der Waals surface area contributed by atoms with E-state index in [2.05, 4.69) is 5.32 Å². The average molecular weight is 456 g/mol. The number of rotatable bonds is 7. The van der Waals surface area contributed by atoms with Crippen LogP contribution in [-0.4, -0.2) is 48.3 Å². The standard InChI is InChI=1S/C24H29N3O4S/c1-6-26(7-2)23(29)21-15(3)27(17-10-8-9-11-19(17)30-4)24(32)25-22(21)16-12-13-20(31-5)18(28)14-16/h8-14,22,28H,6-7H2,1-5H3,(H,25,32)/t22-/m0/s1. The van der Waals surface area contributed by atoms with Crippen molar-refractivity contribution in [1.29, 1.82) is 0 Å². The first kappa shape index (κ1) is 23.4. The maximum Gasteiger partial charge on any atom is 0.253 e. The fourth-order valence-electron chi connectivity index (χ4n) is 3.94. The second-order valence-corrected chi connectivity index (χ2v) is 7.68. The fraction of sp³-hybridized carbons (Fsp3) is 0.333. The Labute approximate surface area is 194 Å². The van der Waals surface area contributed by atoms with E-state index in [1.165, 1.54) is 7.11 Å². The summed E-state index contributed by atoms with van der Waals surface area (Å²) in [5, 5.41) is 14.1. The van der Waals surface area contributed by atoms with Gasteiger partial charge in [0, 0.05) is 18.8 Å². The molecule has 1 heterocycles. The SMILES string of the molecule is CCN(CC)C(=O)C1=C(C)N(c2ccccc2OC)C(=S)N[C@H]1c1ccc(OC)c(O)c1. The third-order valence-electron chi connectivity index (χ3n) is 5.63. The lowest BCUT2D eigenvalue weighted by Gasteiger charge is -2.39. The molecule has 1 amide bonds. The highest BCUT2D eigenvalue weighted by molar-refractivity contribution is 7.80. The van der Waals surface area contributed by atoms with Crippen LogP contribution in [0, 0.1) is 0 Å². The summed E-state index contributed by atoms with van der Waals surface area (Å²) < 4.78 is 10.7. The van der Waals surface area contributed by atoms with Gasteiger partial charge >= 0.3 is 0 Å². The second-order valence-electron chi connectivity index (χ2n) is 7.30. The molecule has 0 spiro atoms. The summed E-state index contributed by atoms with van der Waals surface area (Å²) in [7, 11) is 3.09. The van der Waals surface area contributed by atoms with Crippen LogP contribution < -0.4 is 19.7 Å². The van der Waals surface area contributed by atoms with Gasteiger partial charge < -0.3 is 24.8 Å². The molecule has 2 aromatic rings. The van der Waals surface area contributed by atoms with Gasteiger partial charge in [0.05, 0.1) is 31.5 Å². The summed E-state index contributed by atoms with van der Waals surface area (Å²) in [6.07, 6.45) is 0. The molecule has 0 aromatic heterocycles. The van der Waals surface area contributed by atoms with Gasteiger partial charge in [-0.05, 0) is 62.8 Å². The summed E-state index contributed by atoms with van der Waals surface area (Å²) in [4.78, 5) is 17.2. The lowest BCUT2D eigenvalue weighted by atomic mass is 9.93. The monoisotopic (exact) mass is 455 g/mol. The molecule has 32 heavy (non-hydrogen) atoms. The Morgan fingerprint density at radius 2 is 1.78 bits per heavy atom. The number of amides is 1. The number of phenolic OH excluding ortho intramolecular Hbond substituents is 1. The Bertz CT molecular complexity index is 1050. The summed E-state index contributed by atoms with van der Waals surface area (Å²) in [5.41, 5.74) is 2.71. The molecule has 0 saturated carbocycles. The third kappa shape index (κ3) is 4.23. The van der Waals surface area contributed by atoms with Crippen molar-refractivity contribution in [3.63, 3.8) is 0 Å². The molecule has 0 radical (unpaired) electrons. The van der Waals surface area contributed by atoms with Crippen LogP contribution in [-0.2, 0) is 4.79 Å². The number of ether oxygens (including phenoxy) is 2. The lowest BCUT2D eigenvalue weighted by molar-refractivity contribution is -0.127. The zero-order valence-electron chi connectivity index (χ0n) is 19.0. The molecule has 3 rings (SSSR count). The molecule has 1 aliphatic rings. The molecule has 0 bridgehead atoms. The first-order valence-corrected chi connectivity index (χ1v) is 10.9. The molecule has 2 aromatic carbocycles. The van der Waals surface area contributed by atoms with Crippen LogP contribution >= 0.6 is 12.2 Å². The van der Waals surface area contributed by atoms with Gasteiger partial charge in [0.15, 0.2) is 16.6 Å². The van der Waals surface area contributed by atoms with Crippen molar-refractivity contribution in [2.45, 2.75) is 26.8 Å². The van der Waals surface area contributed by atoms with Gasteiger partial charge in [-0.3, -0.25) is 9.69 Å². The highest BCUT2D eigenvalue weighted by Crippen LogP contribution is 2.39.